The van der Waals surface area contributed by atoms with Gasteiger partial charge in [0.1, 0.15) is 66.1 Å². The van der Waals surface area contributed by atoms with Crippen LogP contribution in [0.5, 0.6) is 11.5 Å². The number of aliphatic hydroxyl groups is 8. The fourth-order valence-corrected chi connectivity index (χ4v) is 9.55. The maximum atomic E-state index is 14.4. The Morgan fingerprint density at radius 1 is 0.753 bits per heavy atom. The summed E-state index contributed by atoms with van der Waals surface area (Å²) in [6.07, 6.45) is -13.2. The van der Waals surface area contributed by atoms with Crippen LogP contribution in [0.15, 0.2) is 60.7 Å². The topological polar surface area (TPSA) is 401 Å². The molecule has 3 aliphatic rings. The zero-order chi connectivity index (χ0) is 56.2. The average molecular weight is 1080 g/mol. The van der Waals surface area contributed by atoms with Crippen LogP contribution in [-0.2, 0) is 28.8 Å². The zero-order valence-corrected chi connectivity index (χ0v) is 42.5. The predicted molar refractivity (Wildman–Crippen MR) is 269 cm³/mol. The van der Waals surface area contributed by atoms with Gasteiger partial charge in [0.2, 0.25) is 35.4 Å². The van der Waals surface area contributed by atoms with Crippen LogP contribution in [0.25, 0.3) is 10.8 Å². The average Bonchev–Trinajstić information content (AvgIpc) is 4.01. The summed E-state index contributed by atoms with van der Waals surface area (Å²) in [6.45, 7) is 2.69. The number of aromatic hydroxyl groups is 1. The maximum absolute atomic E-state index is 14.4. The molecule has 77 heavy (non-hydrogen) atoms. The number of aliphatic hydroxyl groups excluding tert-OH is 8. The van der Waals surface area contributed by atoms with Crippen molar-refractivity contribution in [1.82, 2.24) is 36.4 Å². The highest BCUT2D eigenvalue weighted by molar-refractivity contribution is 6.02. The molecule has 0 unspecified atom stereocenters. The first-order valence-electron chi connectivity index (χ1n) is 25.5. The molecule has 3 fully saturated rings. The second kappa shape index (κ2) is 26.8. The number of unbranched alkanes of at least 4 members (excludes halogenated alkanes) is 4. The van der Waals surface area contributed by atoms with Crippen LogP contribution in [-0.4, -0.2) is 196 Å². The van der Waals surface area contributed by atoms with Gasteiger partial charge >= 0.3 is 0 Å². The molecule has 3 aromatic rings. The summed E-state index contributed by atoms with van der Waals surface area (Å²) >= 11 is 0. The molecule has 0 spiro atoms. The molecule has 0 bridgehead atoms. The Labute approximate surface area is 442 Å². The molecule has 14 N–H and O–H groups in total. The van der Waals surface area contributed by atoms with Gasteiger partial charge in [0.05, 0.1) is 43.5 Å². The number of benzene rings is 3. The number of rotatable bonds is 15. The minimum atomic E-state index is -2.35. The van der Waals surface area contributed by atoms with Gasteiger partial charge in [-0.1, -0.05) is 56.9 Å². The molecular weight excluding hydrogens is 1010 g/mol. The van der Waals surface area contributed by atoms with Gasteiger partial charge in [-0.15, -0.1) is 0 Å². The zero-order valence-electron chi connectivity index (χ0n) is 42.5. The van der Waals surface area contributed by atoms with Crippen LogP contribution in [0.1, 0.15) is 93.7 Å². The Bertz CT molecular complexity index is 2640. The molecule has 6 rings (SSSR count). The summed E-state index contributed by atoms with van der Waals surface area (Å²) in [7, 11) is 0. The van der Waals surface area contributed by atoms with E-state index < -0.39 is 159 Å². The largest absolute Gasteiger partial charge is 0.508 e. The number of amides is 7. The highest BCUT2D eigenvalue weighted by Crippen LogP contribution is 2.27. The van der Waals surface area contributed by atoms with E-state index in [0.717, 1.165) is 56.1 Å². The number of carbonyl (C=O) groups is 7. The van der Waals surface area contributed by atoms with E-state index >= 15 is 0 Å². The van der Waals surface area contributed by atoms with Gasteiger partial charge in [0.25, 0.3) is 5.91 Å². The van der Waals surface area contributed by atoms with Crippen molar-refractivity contribution >= 4 is 52.1 Å². The Hall–Kier alpha value is -7.02. The van der Waals surface area contributed by atoms with Gasteiger partial charge in [-0.3, -0.25) is 33.6 Å². The summed E-state index contributed by atoms with van der Waals surface area (Å²) in [5.41, 5.74) is -0.101. The van der Waals surface area contributed by atoms with E-state index in [4.69, 9.17) is 4.74 Å². The molecule has 14 atom stereocenters. The number of phenols is 1. The van der Waals surface area contributed by atoms with E-state index in [0.29, 0.717) is 28.0 Å². The fourth-order valence-electron chi connectivity index (χ4n) is 9.55. The van der Waals surface area contributed by atoms with Crippen molar-refractivity contribution in [2.45, 2.75) is 157 Å². The van der Waals surface area contributed by atoms with Crippen LogP contribution in [0.2, 0.25) is 0 Å². The van der Waals surface area contributed by atoms with Gasteiger partial charge < -0.3 is 87.1 Å². The molecular formula is C52H68N8O17. The van der Waals surface area contributed by atoms with Gasteiger partial charge in [0, 0.05) is 31.5 Å². The SMILES string of the molecule is CCCCCCCOc1ccc2cc(C(=O)N[C@H]3C[C@@H](O)[C@@H](O)NC(=O)[C@@H]4[C@@H](O)CCN4C(=O)[C@H]([C@H](O)CC#N)NC(=O)[C@H]([C@H](O)[C@@H](O)c4ccc(O)cc4)NC(=O)[C@@H]4C[C@@H](O)CN4C(=O)[C@H]([C@@H](C)O)NC3=O)ccc2c1. The summed E-state index contributed by atoms with van der Waals surface area (Å²) in [5.74, 6) is -8.35. The van der Waals surface area contributed by atoms with Crippen LogP contribution in [0, 0.1) is 11.3 Å². The third-order valence-corrected chi connectivity index (χ3v) is 13.9. The Balaban J connectivity index is 1.36. The van der Waals surface area contributed by atoms with E-state index in [2.05, 4.69) is 33.5 Å². The van der Waals surface area contributed by atoms with Crippen LogP contribution in [0.4, 0.5) is 0 Å². The standard InChI is InChI=1S/C52H68N8O17/c1-3-4-5-6-7-20-77-33-15-12-28-21-30(9-8-29(28)22-33)45(69)54-34-24-38(66)48(72)58-50(74)42-37(65)17-19-59(42)52(76)40(36(64)16-18-53)56-49(73)41(44(68)43(67)27-10-13-31(62)14-11-27)57-47(71)35-23-32(63)25-60(35)51(75)39(26(2)61)55-46(34)70/h8-15,21-22,26,32,34-44,48,61-68,72H,3-7,16-17,19-20,23-25H2,1-2H3,(H,54,69)(H,55,70)(H,56,73)(H,57,71)(H,58,74)/t26-,32-,34+,35+,36-,37+,38-,39+,40+,41+,42+,43+,44+,48-/m1/s1. The van der Waals surface area contributed by atoms with Gasteiger partial charge in [-0.05, 0) is 72.5 Å². The van der Waals surface area contributed by atoms with Crippen LogP contribution >= 0.6 is 0 Å². The van der Waals surface area contributed by atoms with Crippen molar-refractivity contribution in [2.24, 2.45) is 0 Å². The summed E-state index contributed by atoms with van der Waals surface area (Å²) in [4.78, 5) is 101. The third-order valence-electron chi connectivity index (χ3n) is 13.9. The summed E-state index contributed by atoms with van der Waals surface area (Å²) < 4.78 is 5.92. The van der Waals surface area contributed by atoms with E-state index in [9.17, 15) is 84.8 Å². The highest BCUT2D eigenvalue weighted by Gasteiger charge is 2.49. The second-order valence-corrected chi connectivity index (χ2v) is 19.7. The molecule has 3 aliphatic heterocycles. The number of hydrogen-bond donors (Lipinski definition) is 14. The Morgan fingerprint density at radius 3 is 2.09 bits per heavy atom. The van der Waals surface area contributed by atoms with E-state index in [1.165, 1.54) is 24.3 Å². The Morgan fingerprint density at radius 2 is 1.40 bits per heavy atom. The normalized spacial score (nSPS) is 27.6. The van der Waals surface area contributed by atoms with Crippen molar-refractivity contribution in [3.63, 3.8) is 0 Å². The lowest BCUT2D eigenvalue weighted by Crippen LogP contribution is -2.64. The van der Waals surface area contributed by atoms with Gasteiger partial charge in [-0.25, -0.2) is 0 Å². The first-order chi connectivity index (χ1) is 36.6. The minimum absolute atomic E-state index is 0.00815. The lowest BCUT2D eigenvalue weighted by molar-refractivity contribution is -0.148. The van der Waals surface area contributed by atoms with E-state index in [1.54, 1.807) is 30.3 Å². The number of phenolic OH excluding ortho intramolecular Hbond substituents is 1. The lowest BCUT2D eigenvalue weighted by atomic mass is 9.96. The van der Waals surface area contributed by atoms with Crippen LogP contribution < -0.4 is 31.3 Å². The lowest BCUT2D eigenvalue weighted by Gasteiger charge is -2.34. The third kappa shape index (κ3) is 14.7. The molecule has 7 amide bonds. The number of nitrogens with one attached hydrogen (secondary N) is 5. The van der Waals surface area contributed by atoms with Crippen LogP contribution in [0.3, 0.4) is 0 Å². The van der Waals surface area contributed by atoms with E-state index in [-0.39, 0.29) is 23.3 Å². The Kier molecular flexibility index (Phi) is 20.6. The maximum Gasteiger partial charge on any atom is 0.251 e. The van der Waals surface area contributed by atoms with Crippen molar-refractivity contribution in [2.75, 3.05) is 19.7 Å². The molecule has 0 saturated carbocycles. The van der Waals surface area contributed by atoms with Crippen molar-refractivity contribution in [3.8, 4) is 17.6 Å². The molecule has 0 radical (unpaired) electrons. The number of ether oxygens (including phenoxy) is 1. The predicted octanol–water partition coefficient (Wildman–Crippen LogP) is -2.68. The summed E-state index contributed by atoms with van der Waals surface area (Å²) in [6, 6.07) is 4.02. The first kappa shape index (κ1) is 59.2. The second-order valence-electron chi connectivity index (χ2n) is 19.7. The molecule has 3 heterocycles. The molecule has 25 nitrogen and oxygen atoms in total. The number of fused-ring (bicyclic) bond motifs is 3. The van der Waals surface area contributed by atoms with Gasteiger partial charge in [0.15, 0.2) is 6.23 Å². The van der Waals surface area contributed by atoms with Crippen molar-refractivity contribution < 1.29 is 84.3 Å². The molecule has 418 valence electrons. The molecule has 0 aromatic heterocycles. The number of hydrogen-bond acceptors (Lipinski definition) is 18. The molecule has 3 saturated heterocycles. The minimum Gasteiger partial charge on any atom is -0.508 e. The van der Waals surface area contributed by atoms with E-state index in [1.807, 2.05) is 0 Å². The quantitative estimate of drug-likeness (QED) is 0.0690. The number of nitrogens with zero attached hydrogens (tertiary/aromatic N) is 3. The fraction of sp³-hybridized carbons (Fsp3) is 0.538. The van der Waals surface area contributed by atoms with Crippen molar-refractivity contribution in [1.29, 1.82) is 5.26 Å². The summed E-state index contributed by atoms with van der Waals surface area (Å²) in [5, 5.41) is 122. The number of carbonyl (C=O) groups excluding carboxylic acids is 7. The van der Waals surface area contributed by atoms with Crippen molar-refractivity contribution in [3.05, 3.63) is 71.8 Å². The highest BCUT2D eigenvalue weighted by atomic mass is 16.5. The molecule has 0 aliphatic carbocycles. The monoisotopic (exact) mass is 1080 g/mol. The number of nitriles is 1. The van der Waals surface area contributed by atoms with Gasteiger partial charge in [-0.2, -0.15) is 5.26 Å². The molecule has 25 heteroatoms. The first-order valence-corrected chi connectivity index (χ1v) is 25.5. The smallest absolute Gasteiger partial charge is 0.251 e. The molecule has 3 aromatic carbocycles.